The standard InChI is InChI=1S/C2H5O.Hf/c1-3-2;/h1H2,2H3;/q-1;. The Morgan fingerprint density at radius 1 is 1.75 bits per heavy atom. The Balaban J connectivity index is 0. The van der Waals surface area contributed by atoms with Gasteiger partial charge in [-0.2, -0.15) is 0 Å². The van der Waals surface area contributed by atoms with Crippen molar-refractivity contribution in [2.45, 2.75) is 0 Å². The van der Waals surface area contributed by atoms with Gasteiger partial charge in [-0.3, -0.25) is 0 Å². The van der Waals surface area contributed by atoms with Gasteiger partial charge in [0.15, 0.2) is 0 Å². The molecular formula is C2H5HfO-. The van der Waals surface area contributed by atoms with E-state index in [1.807, 2.05) is 0 Å². The van der Waals surface area contributed by atoms with E-state index in [4.69, 9.17) is 0 Å². The summed E-state index contributed by atoms with van der Waals surface area (Å²) in [5.74, 6) is 0. The third-order valence-corrected chi connectivity index (χ3v) is 0. The Morgan fingerprint density at radius 3 is 1.75 bits per heavy atom. The summed E-state index contributed by atoms with van der Waals surface area (Å²) in [7, 11) is 4.50. The summed E-state index contributed by atoms with van der Waals surface area (Å²) >= 11 is 0. The van der Waals surface area contributed by atoms with Crippen LogP contribution in [0.5, 0.6) is 0 Å². The maximum atomic E-state index is 4.00. The summed E-state index contributed by atoms with van der Waals surface area (Å²) in [4.78, 5) is 0. The molecule has 0 bridgehead atoms. The van der Waals surface area contributed by atoms with E-state index < -0.39 is 0 Å². The van der Waals surface area contributed by atoms with Gasteiger partial charge in [-0.1, -0.05) is 0 Å². The molecule has 0 aromatic heterocycles. The van der Waals surface area contributed by atoms with Crippen molar-refractivity contribution in [2.24, 2.45) is 0 Å². The number of hydrogen-bond donors (Lipinski definition) is 0. The molecule has 0 aromatic rings. The average molecular weight is 224 g/mol. The van der Waals surface area contributed by atoms with Crippen LogP contribution in [0.25, 0.3) is 0 Å². The zero-order valence-corrected chi connectivity index (χ0v) is 6.21. The van der Waals surface area contributed by atoms with Crippen LogP contribution in [0, 0.1) is 7.11 Å². The SMILES string of the molecule is [CH2-]OC.[Hf]. The molecule has 0 fully saturated rings. The first kappa shape index (κ1) is 8.85. The summed E-state index contributed by atoms with van der Waals surface area (Å²) in [5.41, 5.74) is 0. The van der Waals surface area contributed by atoms with Crippen molar-refractivity contribution in [2.75, 3.05) is 7.11 Å². The van der Waals surface area contributed by atoms with Gasteiger partial charge in [0.05, 0.1) is 0 Å². The Labute approximate surface area is 45.1 Å². The zero-order valence-electron chi connectivity index (χ0n) is 2.62. The monoisotopic (exact) mass is 225 g/mol. The first-order valence-electron chi connectivity index (χ1n) is 0.697. The van der Waals surface area contributed by atoms with E-state index in [2.05, 4.69) is 11.8 Å². The third kappa shape index (κ3) is 13.8. The van der Waals surface area contributed by atoms with Gasteiger partial charge in [0, 0.05) is 25.8 Å². The van der Waals surface area contributed by atoms with Crippen LogP contribution in [0.15, 0.2) is 0 Å². The van der Waals surface area contributed by atoms with Crippen molar-refractivity contribution in [1.29, 1.82) is 0 Å². The van der Waals surface area contributed by atoms with E-state index in [-0.39, 0.29) is 25.8 Å². The minimum Gasteiger partial charge on any atom is -0.557 e. The topological polar surface area (TPSA) is 9.23 Å². The molecule has 0 radical (unpaired) electrons. The Bertz CT molecular complexity index is 6.00. The summed E-state index contributed by atoms with van der Waals surface area (Å²) in [6, 6.07) is 0. The smallest absolute Gasteiger partial charge is 0 e. The molecule has 0 aromatic carbocycles. The largest absolute Gasteiger partial charge is 0.557 e. The molecule has 0 heterocycles. The molecule has 0 aliphatic carbocycles. The van der Waals surface area contributed by atoms with Gasteiger partial charge in [-0.05, 0) is 7.11 Å². The molecule has 0 aliphatic heterocycles. The van der Waals surface area contributed by atoms with E-state index in [1.165, 1.54) is 7.11 Å². The predicted octanol–water partition coefficient (Wildman–Crippen LogP) is 0.422. The van der Waals surface area contributed by atoms with Gasteiger partial charge in [-0.15, -0.1) is 0 Å². The average Bonchev–Trinajstić information content (AvgIpc) is 0.918. The van der Waals surface area contributed by atoms with Crippen LogP contribution in [0.3, 0.4) is 0 Å². The Kier molecular flexibility index (Phi) is 20.3. The number of rotatable bonds is 0. The summed E-state index contributed by atoms with van der Waals surface area (Å²) < 4.78 is 4.00. The van der Waals surface area contributed by atoms with Crippen molar-refractivity contribution >= 4 is 0 Å². The molecule has 0 aliphatic rings. The van der Waals surface area contributed by atoms with Gasteiger partial charge < -0.3 is 4.74 Å². The molecule has 24 valence electrons. The molecule has 0 spiro atoms. The second-order valence-electron chi connectivity index (χ2n) is 0.289. The van der Waals surface area contributed by atoms with Crippen molar-refractivity contribution in [3.05, 3.63) is 7.11 Å². The minimum atomic E-state index is 0. The van der Waals surface area contributed by atoms with Crippen molar-refractivity contribution in [3.8, 4) is 0 Å². The minimum absolute atomic E-state index is 0. The molecule has 0 atom stereocenters. The van der Waals surface area contributed by atoms with Crippen LogP contribution in [0.2, 0.25) is 0 Å². The molecule has 2 heteroatoms. The fourth-order valence-electron chi connectivity index (χ4n) is 0. The molecule has 4 heavy (non-hydrogen) atoms. The van der Waals surface area contributed by atoms with E-state index in [0.29, 0.717) is 0 Å². The van der Waals surface area contributed by atoms with Crippen LogP contribution >= 0.6 is 0 Å². The molecule has 1 nitrogen and oxygen atoms in total. The van der Waals surface area contributed by atoms with Gasteiger partial charge >= 0.3 is 0 Å². The summed E-state index contributed by atoms with van der Waals surface area (Å²) in [5, 5.41) is 0. The van der Waals surface area contributed by atoms with Crippen LogP contribution in [0.4, 0.5) is 0 Å². The van der Waals surface area contributed by atoms with E-state index >= 15 is 0 Å². The van der Waals surface area contributed by atoms with E-state index in [1.54, 1.807) is 0 Å². The molecule has 0 saturated heterocycles. The third-order valence-electron chi connectivity index (χ3n) is 0. The maximum Gasteiger partial charge on any atom is 0 e. The second-order valence-corrected chi connectivity index (χ2v) is 0.289. The molecule has 0 amide bonds. The van der Waals surface area contributed by atoms with Gasteiger partial charge in [0.2, 0.25) is 0 Å². The number of methoxy groups -OCH3 is 1. The van der Waals surface area contributed by atoms with Gasteiger partial charge in [0.1, 0.15) is 0 Å². The normalized spacial score (nSPS) is 4.50. The molecule has 0 saturated carbocycles. The number of hydrogen-bond acceptors (Lipinski definition) is 1. The quantitative estimate of drug-likeness (QED) is 0.427. The first-order valence-corrected chi connectivity index (χ1v) is 0.697. The predicted molar refractivity (Wildman–Crippen MR) is 12.4 cm³/mol. The van der Waals surface area contributed by atoms with Gasteiger partial charge in [-0.25, -0.2) is 7.11 Å². The molecular weight excluding hydrogens is 219 g/mol. The maximum absolute atomic E-state index is 4.00. The fourth-order valence-corrected chi connectivity index (χ4v) is 0. The molecule has 0 unspecified atom stereocenters. The fraction of sp³-hybridized carbons (Fsp3) is 0.500. The van der Waals surface area contributed by atoms with E-state index in [9.17, 15) is 0 Å². The summed E-state index contributed by atoms with van der Waals surface area (Å²) in [6.07, 6.45) is 0. The Morgan fingerprint density at radius 2 is 1.75 bits per heavy atom. The Hall–Kier alpha value is 0.830. The number of ether oxygens (including phenoxy) is 1. The van der Waals surface area contributed by atoms with Gasteiger partial charge in [0.25, 0.3) is 0 Å². The van der Waals surface area contributed by atoms with Crippen LogP contribution in [-0.4, -0.2) is 7.11 Å². The van der Waals surface area contributed by atoms with Crippen LogP contribution in [0.1, 0.15) is 0 Å². The van der Waals surface area contributed by atoms with Crippen molar-refractivity contribution in [3.63, 3.8) is 0 Å². The molecule has 0 rings (SSSR count). The van der Waals surface area contributed by atoms with Crippen molar-refractivity contribution in [1.82, 2.24) is 0 Å². The zero-order chi connectivity index (χ0) is 2.71. The van der Waals surface area contributed by atoms with Crippen LogP contribution < -0.4 is 0 Å². The first-order chi connectivity index (χ1) is 1.41. The molecule has 0 N–H and O–H groups in total. The summed E-state index contributed by atoms with van der Waals surface area (Å²) in [6.45, 7) is 0. The second kappa shape index (κ2) is 9.16. The van der Waals surface area contributed by atoms with E-state index in [0.717, 1.165) is 0 Å². The van der Waals surface area contributed by atoms with Crippen LogP contribution in [-0.2, 0) is 30.6 Å². The van der Waals surface area contributed by atoms with Crippen molar-refractivity contribution < 1.29 is 30.6 Å².